The third kappa shape index (κ3) is 2.64. The summed E-state index contributed by atoms with van der Waals surface area (Å²) >= 11 is 0. The topological polar surface area (TPSA) is 41.5 Å². The summed E-state index contributed by atoms with van der Waals surface area (Å²) in [5.74, 6) is 0.430. The van der Waals surface area contributed by atoms with E-state index in [1.165, 1.54) is 5.39 Å². The highest BCUT2D eigenvalue weighted by Gasteiger charge is 2.20. The minimum atomic E-state index is -0.169. The van der Waals surface area contributed by atoms with Crippen LogP contribution in [0.4, 0.5) is 0 Å². The molecule has 3 heteroatoms. The van der Waals surface area contributed by atoms with Crippen molar-refractivity contribution in [2.24, 2.45) is 4.99 Å². The standard InChI is InChI=1S/C20H14N2O/c23-20-18(21-19(22-20)16-7-2-1-3-8-16)13-14-10-11-15-6-4-5-9-17(15)12-14/h1-13H,(H,21,22,23). The molecule has 1 N–H and O–H groups in total. The van der Waals surface area contributed by atoms with Gasteiger partial charge in [0.2, 0.25) is 0 Å². The minimum Gasteiger partial charge on any atom is -0.305 e. The monoisotopic (exact) mass is 298 g/mol. The summed E-state index contributed by atoms with van der Waals surface area (Å²) in [6.45, 7) is 0. The van der Waals surface area contributed by atoms with Crippen molar-refractivity contribution in [3.63, 3.8) is 0 Å². The van der Waals surface area contributed by atoms with Crippen LogP contribution in [0.2, 0.25) is 0 Å². The van der Waals surface area contributed by atoms with Gasteiger partial charge in [0.25, 0.3) is 5.91 Å². The van der Waals surface area contributed by atoms with Gasteiger partial charge in [-0.25, -0.2) is 4.99 Å². The van der Waals surface area contributed by atoms with Crippen molar-refractivity contribution in [1.82, 2.24) is 5.32 Å². The molecule has 0 saturated carbocycles. The Morgan fingerprint density at radius 3 is 2.39 bits per heavy atom. The molecule has 3 aromatic rings. The third-order valence-electron chi connectivity index (χ3n) is 3.82. The fourth-order valence-electron chi connectivity index (χ4n) is 2.66. The van der Waals surface area contributed by atoms with E-state index in [1.54, 1.807) is 0 Å². The first-order chi connectivity index (χ1) is 11.3. The van der Waals surface area contributed by atoms with E-state index in [1.807, 2.05) is 54.6 Å². The number of benzene rings is 3. The van der Waals surface area contributed by atoms with Crippen LogP contribution in [0.3, 0.4) is 0 Å². The number of carbonyl (C=O) groups excluding carboxylic acids is 1. The Morgan fingerprint density at radius 1 is 0.826 bits per heavy atom. The number of amides is 1. The fourth-order valence-corrected chi connectivity index (χ4v) is 2.66. The average molecular weight is 298 g/mol. The van der Waals surface area contributed by atoms with Crippen LogP contribution in [-0.4, -0.2) is 11.7 Å². The molecule has 1 aliphatic heterocycles. The second kappa shape index (κ2) is 5.54. The van der Waals surface area contributed by atoms with Crippen molar-refractivity contribution in [1.29, 1.82) is 0 Å². The molecule has 110 valence electrons. The molecule has 1 aliphatic rings. The van der Waals surface area contributed by atoms with Gasteiger partial charge in [0.1, 0.15) is 11.5 Å². The van der Waals surface area contributed by atoms with Crippen LogP contribution in [-0.2, 0) is 4.79 Å². The van der Waals surface area contributed by atoms with Crippen molar-refractivity contribution in [2.45, 2.75) is 0 Å². The van der Waals surface area contributed by atoms with Crippen LogP contribution in [0, 0.1) is 0 Å². The number of nitrogens with one attached hydrogen (secondary N) is 1. The van der Waals surface area contributed by atoms with Gasteiger partial charge in [-0.3, -0.25) is 4.79 Å². The van der Waals surface area contributed by atoms with Crippen LogP contribution in [0.5, 0.6) is 0 Å². The molecule has 0 saturated heterocycles. The lowest BCUT2D eigenvalue weighted by Crippen LogP contribution is -2.24. The molecule has 3 aromatic carbocycles. The van der Waals surface area contributed by atoms with Crippen molar-refractivity contribution < 1.29 is 4.79 Å². The lowest BCUT2D eigenvalue weighted by molar-refractivity contribution is -0.115. The molecule has 23 heavy (non-hydrogen) atoms. The Kier molecular flexibility index (Phi) is 3.24. The van der Waals surface area contributed by atoms with E-state index in [2.05, 4.69) is 34.6 Å². The molecular weight excluding hydrogens is 284 g/mol. The Morgan fingerprint density at radius 2 is 1.57 bits per heavy atom. The molecule has 3 nitrogen and oxygen atoms in total. The van der Waals surface area contributed by atoms with E-state index in [0.29, 0.717) is 11.5 Å². The van der Waals surface area contributed by atoms with Gasteiger partial charge in [-0.2, -0.15) is 0 Å². The maximum Gasteiger partial charge on any atom is 0.275 e. The van der Waals surface area contributed by atoms with Crippen molar-refractivity contribution in [2.75, 3.05) is 0 Å². The average Bonchev–Trinajstić information content (AvgIpc) is 2.96. The van der Waals surface area contributed by atoms with Gasteiger partial charge in [-0.15, -0.1) is 0 Å². The molecule has 4 rings (SSSR count). The van der Waals surface area contributed by atoms with E-state index in [9.17, 15) is 4.79 Å². The number of aliphatic imine (C=N–C) groups is 1. The first kappa shape index (κ1) is 13.5. The number of carbonyl (C=O) groups is 1. The molecule has 0 aromatic heterocycles. The SMILES string of the molecule is O=C1NC(c2ccccc2)=NC1=Cc1ccc2ccccc2c1. The summed E-state index contributed by atoms with van der Waals surface area (Å²) in [5.41, 5.74) is 2.30. The summed E-state index contributed by atoms with van der Waals surface area (Å²) in [7, 11) is 0. The number of hydrogen-bond donors (Lipinski definition) is 1. The van der Waals surface area contributed by atoms with Crippen molar-refractivity contribution in [3.05, 3.63) is 89.6 Å². The van der Waals surface area contributed by atoms with Crippen LogP contribution >= 0.6 is 0 Å². The van der Waals surface area contributed by atoms with Gasteiger partial charge in [0.05, 0.1) is 0 Å². The highest BCUT2D eigenvalue weighted by atomic mass is 16.2. The first-order valence-electron chi connectivity index (χ1n) is 7.45. The summed E-state index contributed by atoms with van der Waals surface area (Å²) in [5, 5.41) is 5.15. The smallest absolute Gasteiger partial charge is 0.275 e. The maximum atomic E-state index is 12.1. The third-order valence-corrected chi connectivity index (χ3v) is 3.82. The Bertz CT molecular complexity index is 956. The molecule has 1 amide bonds. The van der Waals surface area contributed by atoms with Gasteiger partial charge >= 0.3 is 0 Å². The summed E-state index contributed by atoms with van der Waals surface area (Å²) in [6, 6.07) is 23.9. The fraction of sp³-hybridized carbons (Fsp3) is 0. The lowest BCUT2D eigenvalue weighted by atomic mass is 10.1. The predicted octanol–water partition coefficient (Wildman–Crippen LogP) is 3.76. The molecule has 0 fully saturated rings. The van der Waals surface area contributed by atoms with Gasteiger partial charge in [-0.05, 0) is 28.5 Å². The van der Waals surface area contributed by atoms with Gasteiger partial charge in [0.15, 0.2) is 0 Å². The van der Waals surface area contributed by atoms with Crippen LogP contribution in [0.15, 0.2) is 83.5 Å². The first-order valence-corrected chi connectivity index (χ1v) is 7.45. The van der Waals surface area contributed by atoms with E-state index >= 15 is 0 Å². The molecule has 0 spiro atoms. The number of fused-ring (bicyclic) bond motifs is 1. The zero-order valence-corrected chi connectivity index (χ0v) is 12.4. The van der Waals surface area contributed by atoms with E-state index in [0.717, 1.165) is 16.5 Å². The summed E-state index contributed by atoms with van der Waals surface area (Å²) in [4.78, 5) is 16.6. The second-order valence-corrected chi connectivity index (χ2v) is 5.42. The van der Waals surface area contributed by atoms with Crippen molar-refractivity contribution >= 4 is 28.6 Å². The van der Waals surface area contributed by atoms with Gasteiger partial charge in [0, 0.05) is 5.56 Å². The van der Waals surface area contributed by atoms with E-state index in [4.69, 9.17) is 0 Å². The number of amidine groups is 1. The Balaban J connectivity index is 1.72. The largest absolute Gasteiger partial charge is 0.305 e. The van der Waals surface area contributed by atoms with E-state index in [-0.39, 0.29) is 5.91 Å². The zero-order valence-electron chi connectivity index (χ0n) is 12.4. The van der Waals surface area contributed by atoms with Gasteiger partial charge in [-0.1, -0.05) is 66.7 Å². The molecule has 0 aliphatic carbocycles. The molecular formula is C20H14N2O. The molecule has 0 unspecified atom stereocenters. The Labute approximate surface area is 134 Å². The van der Waals surface area contributed by atoms with Crippen LogP contribution in [0.1, 0.15) is 11.1 Å². The molecule has 0 bridgehead atoms. The quantitative estimate of drug-likeness (QED) is 0.719. The molecule has 0 radical (unpaired) electrons. The number of hydrogen-bond acceptors (Lipinski definition) is 2. The summed E-state index contributed by atoms with van der Waals surface area (Å²) in [6.07, 6.45) is 1.82. The van der Waals surface area contributed by atoms with Crippen LogP contribution < -0.4 is 5.32 Å². The minimum absolute atomic E-state index is 0.169. The molecule has 0 atom stereocenters. The normalized spacial score (nSPS) is 15.7. The van der Waals surface area contributed by atoms with Crippen molar-refractivity contribution in [3.8, 4) is 0 Å². The Hall–Kier alpha value is -3.20. The maximum absolute atomic E-state index is 12.1. The number of nitrogens with zero attached hydrogens (tertiary/aromatic N) is 1. The second-order valence-electron chi connectivity index (χ2n) is 5.42. The highest BCUT2D eigenvalue weighted by molar-refractivity contribution is 6.19. The zero-order chi connectivity index (χ0) is 15.6. The number of rotatable bonds is 2. The lowest BCUT2D eigenvalue weighted by Gasteiger charge is -1.99. The predicted molar refractivity (Wildman–Crippen MR) is 93.0 cm³/mol. The summed E-state index contributed by atoms with van der Waals surface area (Å²) < 4.78 is 0. The molecule has 1 heterocycles. The highest BCUT2D eigenvalue weighted by Crippen LogP contribution is 2.19. The van der Waals surface area contributed by atoms with Crippen LogP contribution in [0.25, 0.3) is 16.8 Å². The van der Waals surface area contributed by atoms with Gasteiger partial charge < -0.3 is 5.32 Å². The van der Waals surface area contributed by atoms with E-state index < -0.39 is 0 Å².